The predicted octanol–water partition coefficient (Wildman–Crippen LogP) is 2.81. The molecular weight excluding hydrogens is 394 g/mol. The van der Waals surface area contributed by atoms with E-state index in [1.165, 1.54) is 11.8 Å². The van der Waals surface area contributed by atoms with Crippen LogP contribution >= 0.6 is 11.8 Å². The Morgan fingerprint density at radius 1 is 1.10 bits per heavy atom. The lowest BCUT2D eigenvalue weighted by molar-refractivity contribution is -0.113. The van der Waals surface area contributed by atoms with Gasteiger partial charge in [0.1, 0.15) is 11.4 Å². The molecule has 0 aliphatic rings. The lowest BCUT2D eigenvalue weighted by Gasteiger charge is -2.11. The maximum atomic E-state index is 12.4. The highest BCUT2D eigenvalue weighted by atomic mass is 32.2. The van der Waals surface area contributed by atoms with Gasteiger partial charge < -0.3 is 19.5 Å². The first-order valence-corrected chi connectivity index (χ1v) is 9.80. The van der Waals surface area contributed by atoms with Crippen molar-refractivity contribution in [3.05, 3.63) is 42.5 Å². The first-order valence-electron chi connectivity index (χ1n) is 8.81. The Morgan fingerprint density at radius 3 is 2.66 bits per heavy atom. The molecule has 0 fully saturated rings. The molecule has 1 amide bonds. The second-order valence-corrected chi connectivity index (χ2v) is 6.62. The number of ether oxygens (including phenoxy) is 3. The fourth-order valence-electron chi connectivity index (χ4n) is 2.57. The third-order valence-electron chi connectivity index (χ3n) is 3.83. The van der Waals surface area contributed by atoms with E-state index >= 15 is 0 Å². The van der Waals surface area contributed by atoms with Crippen LogP contribution in [0.25, 0.3) is 5.69 Å². The third-order valence-corrected chi connectivity index (χ3v) is 4.75. The molecule has 0 aliphatic carbocycles. The highest BCUT2D eigenvalue weighted by Gasteiger charge is 2.15. The summed E-state index contributed by atoms with van der Waals surface area (Å²) < 4.78 is 17.6. The number of hydrogen-bond acceptors (Lipinski definition) is 8. The van der Waals surface area contributed by atoms with E-state index in [0.29, 0.717) is 40.4 Å². The van der Waals surface area contributed by atoms with E-state index in [1.807, 2.05) is 31.2 Å². The first kappa shape index (κ1) is 20.5. The minimum atomic E-state index is -0.199. The summed E-state index contributed by atoms with van der Waals surface area (Å²) in [6.45, 7) is 2.43. The monoisotopic (exact) mass is 415 g/mol. The minimum Gasteiger partial charge on any atom is -0.493 e. The normalized spacial score (nSPS) is 10.4. The summed E-state index contributed by atoms with van der Waals surface area (Å²) in [6, 6.07) is 12.6. The lowest BCUT2D eigenvalue weighted by atomic mass is 10.2. The summed E-state index contributed by atoms with van der Waals surface area (Å²) in [4.78, 5) is 12.4. The molecular formula is C19H21N5O4S. The minimum absolute atomic E-state index is 0.130. The van der Waals surface area contributed by atoms with Crippen molar-refractivity contribution in [1.29, 1.82) is 0 Å². The molecule has 3 rings (SSSR count). The predicted molar refractivity (Wildman–Crippen MR) is 109 cm³/mol. The number of thioether (sulfide) groups is 1. The summed E-state index contributed by atoms with van der Waals surface area (Å²) in [5.74, 6) is 1.72. The standard InChI is InChI=1S/C19H21N5O4S/c1-4-28-15-8-6-5-7-14(15)24-19(21-22-23-24)29-12-18(25)20-13-9-10-16(26-2)17(11-13)27-3/h5-11H,4,12H2,1-3H3,(H,20,25). The van der Waals surface area contributed by atoms with E-state index in [9.17, 15) is 4.79 Å². The summed E-state index contributed by atoms with van der Waals surface area (Å²) in [6.07, 6.45) is 0. The quantitative estimate of drug-likeness (QED) is 0.533. The lowest BCUT2D eigenvalue weighted by Crippen LogP contribution is -2.14. The van der Waals surface area contributed by atoms with Crippen molar-refractivity contribution in [2.45, 2.75) is 12.1 Å². The molecule has 0 aliphatic heterocycles. The highest BCUT2D eigenvalue weighted by Crippen LogP contribution is 2.30. The fraction of sp³-hybridized carbons (Fsp3) is 0.263. The highest BCUT2D eigenvalue weighted by molar-refractivity contribution is 7.99. The van der Waals surface area contributed by atoms with Crippen LogP contribution in [-0.4, -0.2) is 52.7 Å². The molecule has 0 unspecified atom stereocenters. The van der Waals surface area contributed by atoms with Gasteiger partial charge in [-0.1, -0.05) is 23.9 Å². The number of rotatable bonds is 9. The molecule has 0 bridgehead atoms. The molecule has 0 spiro atoms. The van der Waals surface area contributed by atoms with Gasteiger partial charge in [0, 0.05) is 11.8 Å². The molecule has 1 aromatic heterocycles. The summed E-state index contributed by atoms with van der Waals surface area (Å²) >= 11 is 1.22. The van der Waals surface area contributed by atoms with Crippen molar-refractivity contribution >= 4 is 23.4 Å². The number of benzene rings is 2. The number of nitrogens with one attached hydrogen (secondary N) is 1. The van der Waals surface area contributed by atoms with Crippen LogP contribution in [0.5, 0.6) is 17.2 Å². The number of carbonyl (C=O) groups excluding carboxylic acids is 1. The Morgan fingerprint density at radius 2 is 1.90 bits per heavy atom. The molecule has 29 heavy (non-hydrogen) atoms. The van der Waals surface area contributed by atoms with Gasteiger partial charge in [-0.3, -0.25) is 4.79 Å². The van der Waals surface area contributed by atoms with Crippen molar-refractivity contribution < 1.29 is 19.0 Å². The number of nitrogens with zero attached hydrogens (tertiary/aromatic N) is 4. The number of amides is 1. The van der Waals surface area contributed by atoms with Crippen LogP contribution in [0.15, 0.2) is 47.6 Å². The van der Waals surface area contributed by atoms with Crippen molar-refractivity contribution in [1.82, 2.24) is 20.2 Å². The molecule has 10 heteroatoms. The first-order chi connectivity index (χ1) is 14.2. The smallest absolute Gasteiger partial charge is 0.234 e. The molecule has 1 heterocycles. The zero-order chi connectivity index (χ0) is 20.6. The topological polar surface area (TPSA) is 100 Å². The maximum absolute atomic E-state index is 12.4. The van der Waals surface area contributed by atoms with Crippen molar-refractivity contribution in [2.75, 3.05) is 31.9 Å². The van der Waals surface area contributed by atoms with Gasteiger partial charge in [-0.15, -0.1) is 5.10 Å². The van der Waals surface area contributed by atoms with Crippen LogP contribution in [-0.2, 0) is 4.79 Å². The molecule has 0 atom stereocenters. The van der Waals surface area contributed by atoms with Crippen LogP contribution in [0.4, 0.5) is 5.69 Å². The van der Waals surface area contributed by atoms with Crippen LogP contribution in [0.2, 0.25) is 0 Å². The summed E-state index contributed by atoms with van der Waals surface area (Å²) in [5, 5.41) is 15.1. The number of anilines is 1. The second kappa shape index (κ2) is 9.78. The third kappa shape index (κ3) is 4.96. The van der Waals surface area contributed by atoms with Gasteiger partial charge in [0.2, 0.25) is 11.1 Å². The summed E-state index contributed by atoms with van der Waals surface area (Å²) in [7, 11) is 3.10. The molecule has 2 aromatic carbocycles. The van der Waals surface area contributed by atoms with Gasteiger partial charge in [-0.05, 0) is 41.6 Å². The molecule has 0 saturated carbocycles. The average Bonchev–Trinajstić information content (AvgIpc) is 3.21. The molecule has 0 saturated heterocycles. The number of methoxy groups -OCH3 is 2. The Kier molecular flexibility index (Phi) is 6.90. The molecule has 1 N–H and O–H groups in total. The molecule has 152 valence electrons. The van der Waals surface area contributed by atoms with E-state index in [1.54, 1.807) is 37.1 Å². The second-order valence-electron chi connectivity index (χ2n) is 5.68. The van der Waals surface area contributed by atoms with Gasteiger partial charge >= 0.3 is 0 Å². The van der Waals surface area contributed by atoms with E-state index in [-0.39, 0.29) is 11.7 Å². The van der Waals surface area contributed by atoms with Crippen molar-refractivity contribution in [2.24, 2.45) is 0 Å². The van der Waals surface area contributed by atoms with Crippen LogP contribution in [0.3, 0.4) is 0 Å². The van der Waals surface area contributed by atoms with E-state index in [0.717, 1.165) is 0 Å². The zero-order valence-corrected chi connectivity index (χ0v) is 17.1. The Balaban J connectivity index is 1.67. The van der Waals surface area contributed by atoms with Gasteiger partial charge in [0.05, 0.1) is 26.6 Å². The maximum Gasteiger partial charge on any atom is 0.234 e. The van der Waals surface area contributed by atoms with Crippen LogP contribution in [0.1, 0.15) is 6.92 Å². The van der Waals surface area contributed by atoms with Gasteiger partial charge in [-0.2, -0.15) is 4.68 Å². The SMILES string of the molecule is CCOc1ccccc1-n1nnnc1SCC(=O)Nc1ccc(OC)c(OC)c1. The fourth-order valence-corrected chi connectivity index (χ4v) is 3.25. The Hall–Kier alpha value is -3.27. The number of aromatic nitrogens is 4. The Bertz CT molecular complexity index is 979. The van der Waals surface area contributed by atoms with E-state index < -0.39 is 0 Å². The van der Waals surface area contributed by atoms with Gasteiger partial charge in [0.15, 0.2) is 11.5 Å². The average molecular weight is 415 g/mol. The van der Waals surface area contributed by atoms with E-state index in [4.69, 9.17) is 14.2 Å². The largest absolute Gasteiger partial charge is 0.493 e. The van der Waals surface area contributed by atoms with Crippen LogP contribution < -0.4 is 19.5 Å². The molecule has 9 nitrogen and oxygen atoms in total. The number of para-hydroxylation sites is 2. The number of hydrogen-bond donors (Lipinski definition) is 1. The molecule has 3 aromatic rings. The number of carbonyl (C=O) groups is 1. The summed E-state index contributed by atoms with van der Waals surface area (Å²) in [5.41, 5.74) is 1.32. The van der Waals surface area contributed by atoms with Crippen molar-refractivity contribution in [3.63, 3.8) is 0 Å². The molecule has 0 radical (unpaired) electrons. The zero-order valence-electron chi connectivity index (χ0n) is 16.3. The van der Waals surface area contributed by atoms with Gasteiger partial charge in [-0.25, -0.2) is 0 Å². The van der Waals surface area contributed by atoms with E-state index in [2.05, 4.69) is 20.8 Å². The van der Waals surface area contributed by atoms with Crippen LogP contribution in [0, 0.1) is 0 Å². The van der Waals surface area contributed by atoms with Gasteiger partial charge in [0.25, 0.3) is 0 Å². The van der Waals surface area contributed by atoms with Crippen molar-refractivity contribution in [3.8, 4) is 22.9 Å². The number of tetrazole rings is 1. The Labute approximate surface area is 172 Å².